The minimum atomic E-state index is 0.177. The minimum absolute atomic E-state index is 0.177. The Kier molecular flexibility index (Phi) is 6.43. The van der Waals surface area contributed by atoms with Crippen LogP contribution in [0.3, 0.4) is 0 Å². The van der Waals surface area contributed by atoms with E-state index in [9.17, 15) is 0 Å². The van der Waals surface area contributed by atoms with Gasteiger partial charge in [0.15, 0.2) is 0 Å². The molecule has 2 nitrogen and oxygen atoms in total. The lowest BCUT2D eigenvalue weighted by atomic mass is 9.96. The van der Waals surface area contributed by atoms with Crippen molar-refractivity contribution in [2.45, 2.75) is 46.6 Å². The highest BCUT2D eigenvalue weighted by molar-refractivity contribution is 14.1. The van der Waals surface area contributed by atoms with Crippen molar-refractivity contribution in [3.05, 3.63) is 28.8 Å². The van der Waals surface area contributed by atoms with Crippen molar-refractivity contribution in [1.29, 1.82) is 0 Å². The lowest BCUT2D eigenvalue weighted by Gasteiger charge is -2.18. The average Bonchev–Trinajstić information content (AvgIpc) is 2.29. The first-order valence-corrected chi connectivity index (χ1v) is 7.30. The molecule has 0 aliphatic heterocycles. The van der Waals surface area contributed by atoms with Gasteiger partial charge in [0.05, 0.1) is 13.2 Å². The van der Waals surface area contributed by atoms with Crippen molar-refractivity contribution in [3.8, 4) is 5.75 Å². The summed E-state index contributed by atoms with van der Waals surface area (Å²) < 4.78 is 11.0. The van der Waals surface area contributed by atoms with Crippen molar-refractivity contribution in [2.24, 2.45) is 5.92 Å². The molecule has 1 atom stereocenters. The molecule has 1 rings (SSSR count). The van der Waals surface area contributed by atoms with Crippen LogP contribution in [0.4, 0.5) is 0 Å². The molecule has 1 aromatic carbocycles. The summed E-state index contributed by atoms with van der Waals surface area (Å²) in [5.74, 6) is 1.69. The summed E-state index contributed by atoms with van der Waals surface area (Å²) >= 11 is 2.01. The van der Waals surface area contributed by atoms with Gasteiger partial charge in [-0.05, 0) is 61.4 Å². The van der Waals surface area contributed by atoms with Crippen LogP contribution in [0.1, 0.15) is 49.5 Å². The summed E-state index contributed by atoms with van der Waals surface area (Å²) in [5.41, 5.74) is 3.60. The van der Waals surface area contributed by atoms with Gasteiger partial charge in [0.2, 0.25) is 0 Å². The maximum absolute atomic E-state index is 5.60. The molecule has 0 amide bonds. The summed E-state index contributed by atoms with van der Waals surface area (Å²) in [6, 6.07) is 4.35. The van der Waals surface area contributed by atoms with Gasteiger partial charge >= 0.3 is 0 Å². The van der Waals surface area contributed by atoms with Crippen LogP contribution in [0.25, 0.3) is 0 Å². The molecule has 0 saturated heterocycles. The molecule has 0 aromatic heterocycles. The maximum atomic E-state index is 5.60. The molecule has 1 aromatic rings. The molecule has 0 radical (unpaired) electrons. The summed E-state index contributed by atoms with van der Waals surface area (Å²) in [7, 11) is 1.72. The van der Waals surface area contributed by atoms with Gasteiger partial charge in [0.25, 0.3) is 0 Å². The van der Waals surface area contributed by atoms with Crippen LogP contribution in [0.2, 0.25) is 0 Å². The predicted molar refractivity (Wildman–Crippen MR) is 84.4 cm³/mol. The predicted octanol–water partition coefficient (Wildman–Crippen LogP) is 5.16. The molecule has 3 heteroatoms. The molecule has 0 bridgehead atoms. The molecule has 18 heavy (non-hydrogen) atoms. The van der Waals surface area contributed by atoms with Crippen molar-refractivity contribution in [2.75, 3.05) is 7.11 Å². The Hall–Kier alpha value is -0.290. The molecule has 0 saturated carbocycles. The molecule has 0 aliphatic carbocycles. The summed E-state index contributed by atoms with van der Waals surface area (Å²) in [6.45, 7) is 8.66. The number of rotatable bonds is 6. The monoisotopic (exact) mass is 362 g/mol. The maximum Gasteiger partial charge on any atom is 0.124 e. The van der Waals surface area contributed by atoms with Crippen molar-refractivity contribution in [3.63, 3.8) is 0 Å². The van der Waals surface area contributed by atoms with Crippen LogP contribution in [-0.2, 0) is 3.07 Å². The van der Waals surface area contributed by atoms with E-state index in [4.69, 9.17) is 7.80 Å². The van der Waals surface area contributed by atoms with Crippen LogP contribution >= 0.6 is 23.0 Å². The lowest BCUT2D eigenvalue weighted by Crippen LogP contribution is -2.03. The summed E-state index contributed by atoms with van der Waals surface area (Å²) in [6.07, 6.45) is 2.42. The number of ether oxygens (including phenoxy) is 1. The first-order chi connectivity index (χ1) is 8.49. The topological polar surface area (TPSA) is 18.5 Å². The van der Waals surface area contributed by atoms with E-state index < -0.39 is 0 Å². The molecular weight excluding hydrogens is 339 g/mol. The molecule has 0 heterocycles. The normalized spacial score (nSPS) is 12.8. The molecule has 1 unspecified atom stereocenters. The van der Waals surface area contributed by atoms with E-state index in [1.165, 1.54) is 23.1 Å². The van der Waals surface area contributed by atoms with Crippen LogP contribution < -0.4 is 4.74 Å². The number of halogens is 1. The van der Waals surface area contributed by atoms with Gasteiger partial charge in [-0.25, -0.2) is 0 Å². The van der Waals surface area contributed by atoms with Gasteiger partial charge in [-0.3, -0.25) is 0 Å². The van der Waals surface area contributed by atoms with Crippen molar-refractivity contribution < 1.29 is 7.80 Å². The van der Waals surface area contributed by atoms with Gasteiger partial charge in [-0.15, -0.1) is 0 Å². The van der Waals surface area contributed by atoms with Crippen molar-refractivity contribution >= 4 is 23.0 Å². The number of aryl methyl sites for hydroxylation is 2. The second kappa shape index (κ2) is 7.34. The standard InChI is InChI=1S/C15H23IO2/c1-10(2)6-7-14(18-16)13-8-11(3)15(17-5)12(4)9-13/h8-10,14H,6-7H2,1-5H3. The van der Waals surface area contributed by atoms with Crippen LogP contribution in [0.5, 0.6) is 5.75 Å². The van der Waals surface area contributed by atoms with E-state index in [-0.39, 0.29) is 6.10 Å². The van der Waals surface area contributed by atoms with E-state index in [0.29, 0.717) is 5.92 Å². The summed E-state index contributed by atoms with van der Waals surface area (Å²) in [4.78, 5) is 0. The number of benzene rings is 1. The first-order valence-electron chi connectivity index (χ1n) is 6.42. The molecule has 0 fully saturated rings. The smallest absolute Gasteiger partial charge is 0.124 e. The summed E-state index contributed by atoms with van der Waals surface area (Å²) in [5, 5.41) is 0. The van der Waals surface area contributed by atoms with Crippen molar-refractivity contribution in [1.82, 2.24) is 0 Å². The minimum Gasteiger partial charge on any atom is -0.496 e. The van der Waals surface area contributed by atoms with E-state index in [0.717, 1.165) is 12.2 Å². The fraction of sp³-hybridized carbons (Fsp3) is 0.600. The molecule has 0 aliphatic rings. The van der Waals surface area contributed by atoms with Gasteiger partial charge in [-0.1, -0.05) is 13.8 Å². The SMILES string of the molecule is COc1c(C)cc(C(CCC(C)C)OI)cc1C. The largest absolute Gasteiger partial charge is 0.496 e. The Morgan fingerprint density at radius 3 is 2.06 bits per heavy atom. The highest BCUT2D eigenvalue weighted by Gasteiger charge is 2.15. The Morgan fingerprint density at radius 2 is 1.67 bits per heavy atom. The lowest BCUT2D eigenvalue weighted by molar-refractivity contribution is 0.258. The number of methoxy groups -OCH3 is 1. The Bertz CT molecular complexity index is 365. The van der Waals surface area contributed by atoms with Crippen LogP contribution in [-0.4, -0.2) is 7.11 Å². The van der Waals surface area contributed by atoms with Gasteiger partial charge in [-0.2, -0.15) is 0 Å². The Labute approximate surface area is 125 Å². The van der Waals surface area contributed by atoms with Gasteiger partial charge in [0, 0.05) is 0 Å². The van der Waals surface area contributed by atoms with Crippen LogP contribution in [0.15, 0.2) is 12.1 Å². The molecule has 0 N–H and O–H groups in total. The quantitative estimate of drug-likeness (QED) is 0.651. The van der Waals surface area contributed by atoms with Crippen LogP contribution in [0, 0.1) is 19.8 Å². The Morgan fingerprint density at radius 1 is 1.11 bits per heavy atom. The van der Waals surface area contributed by atoms with E-state index in [2.05, 4.69) is 39.8 Å². The average molecular weight is 362 g/mol. The van der Waals surface area contributed by atoms with Gasteiger partial charge in [0.1, 0.15) is 28.8 Å². The number of hydrogen-bond donors (Lipinski definition) is 0. The van der Waals surface area contributed by atoms with E-state index in [1.807, 2.05) is 23.0 Å². The first kappa shape index (κ1) is 15.8. The third-order valence-corrected chi connectivity index (χ3v) is 3.79. The molecule has 0 spiro atoms. The zero-order valence-corrected chi connectivity index (χ0v) is 14.1. The fourth-order valence-corrected chi connectivity index (χ4v) is 2.79. The zero-order valence-electron chi connectivity index (χ0n) is 11.9. The van der Waals surface area contributed by atoms with E-state index in [1.54, 1.807) is 7.11 Å². The molecule has 102 valence electrons. The zero-order chi connectivity index (χ0) is 13.7. The second-order valence-electron chi connectivity index (χ2n) is 5.24. The highest BCUT2D eigenvalue weighted by Crippen LogP contribution is 2.32. The number of hydrogen-bond acceptors (Lipinski definition) is 2. The third kappa shape index (κ3) is 4.12. The highest BCUT2D eigenvalue weighted by atomic mass is 127. The third-order valence-electron chi connectivity index (χ3n) is 3.17. The molecular formula is C15H23IO2. The Balaban J connectivity index is 2.93. The second-order valence-corrected chi connectivity index (χ2v) is 5.75. The fourth-order valence-electron chi connectivity index (χ4n) is 2.24. The van der Waals surface area contributed by atoms with E-state index >= 15 is 0 Å². The van der Waals surface area contributed by atoms with Gasteiger partial charge < -0.3 is 7.80 Å².